The molecule has 30 heavy (non-hydrogen) atoms. The van der Waals surface area contributed by atoms with Gasteiger partial charge in [-0.15, -0.1) is 0 Å². The summed E-state index contributed by atoms with van der Waals surface area (Å²) in [6.45, 7) is 5.79. The molecule has 0 spiro atoms. The zero-order valence-electron chi connectivity index (χ0n) is 17.7. The fourth-order valence-electron chi connectivity index (χ4n) is 3.45. The van der Waals surface area contributed by atoms with E-state index in [1.807, 2.05) is 13.0 Å². The van der Waals surface area contributed by atoms with Gasteiger partial charge >= 0.3 is 0 Å². The third-order valence-electron chi connectivity index (χ3n) is 5.01. The van der Waals surface area contributed by atoms with Gasteiger partial charge in [0.05, 0.1) is 13.7 Å². The summed E-state index contributed by atoms with van der Waals surface area (Å²) < 4.78 is 5.12. The molecular formula is C23H31N5O2. The van der Waals surface area contributed by atoms with Crippen molar-refractivity contribution in [2.45, 2.75) is 19.4 Å². The van der Waals surface area contributed by atoms with Gasteiger partial charge in [-0.05, 0) is 49.7 Å². The zero-order valence-corrected chi connectivity index (χ0v) is 17.7. The van der Waals surface area contributed by atoms with Crippen molar-refractivity contribution < 1.29 is 9.53 Å². The molecule has 1 heterocycles. The lowest BCUT2D eigenvalue weighted by Gasteiger charge is -2.20. The minimum absolute atomic E-state index is 0.111. The van der Waals surface area contributed by atoms with E-state index in [9.17, 15) is 4.79 Å². The van der Waals surface area contributed by atoms with Crippen LogP contribution in [-0.2, 0) is 0 Å². The van der Waals surface area contributed by atoms with Crippen molar-refractivity contribution in [1.29, 1.82) is 0 Å². The summed E-state index contributed by atoms with van der Waals surface area (Å²) in [4.78, 5) is 19.2. The number of methoxy groups -OCH3 is 1. The Hall–Kier alpha value is -3.22. The summed E-state index contributed by atoms with van der Waals surface area (Å²) >= 11 is 0. The van der Waals surface area contributed by atoms with Gasteiger partial charge in [0.2, 0.25) is 0 Å². The first-order valence-electron chi connectivity index (χ1n) is 10.5. The van der Waals surface area contributed by atoms with Gasteiger partial charge in [-0.1, -0.05) is 18.2 Å². The first-order chi connectivity index (χ1) is 14.7. The van der Waals surface area contributed by atoms with Crippen LogP contribution in [0.4, 0.5) is 5.69 Å². The van der Waals surface area contributed by atoms with E-state index < -0.39 is 0 Å². The zero-order chi connectivity index (χ0) is 21.2. The average Bonchev–Trinajstić information content (AvgIpc) is 3.26. The molecule has 1 fully saturated rings. The Labute approximate surface area is 178 Å². The van der Waals surface area contributed by atoms with Gasteiger partial charge in [-0.2, -0.15) is 0 Å². The summed E-state index contributed by atoms with van der Waals surface area (Å²) in [5, 5.41) is 9.72. The van der Waals surface area contributed by atoms with Crippen LogP contribution in [0.3, 0.4) is 0 Å². The maximum Gasteiger partial charge on any atom is 0.251 e. The van der Waals surface area contributed by atoms with Crippen LogP contribution >= 0.6 is 0 Å². The second-order valence-corrected chi connectivity index (χ2v) is 7.16. The second-order valence-electron chi connectivity index (χ2n) is 7.16. The Morgan fingerprint density at radius 3 is 2.60 bits per heavy atom. The predicted molar refractivity (Wildman–Crippen MR) is 122 cm³/mol. The van der Waals surface area contributed by atoms with E-state index in [0.29, 0.717) is 24.7 Å². The summed E-state index contributed by atoms with van der Waals surface area (Å²) in [5.41, 5.74) is 1.86. The van der Waals surface area contributed by atoms with Crippen molar-refractivity contribution in [2.24, 2.45) is 4.99 Å². The van der Waals surface area contributed by atoms with E-state index in [0.717, 1.165) is 37.8 Å². The number of aliphatic imine (C=N–C) groups is 1. The number of ether oxygens (including phenoxy) is 1. The van der Waals surface area contributed by atoms with Gasteiger partial charge in [0.1, 0.15) is 5.75 Å². The second kappa shape index (κ2) is 11.1. The smallest absolute Gasteiger partial charge is 0.251 e. The van der Waals surface area contributed by atoms with E-state index in [-0.39, 0.29) is 5.91 Å². The Kier molecular flexibility index (Phi) is 7.94. The first-order valence-corrected chi connectivity index (χ1v) is 10.5. The molecule has 3 N–H and O–H groups in total. The first kappa shape index (κ1) is 21.5. The van der Waals surface area contributed by atoms with E-state index in [1.165, 1.54) is 5.69 Å². The van der Waals surface area contributed by atoms with Crippen LogP contribution in [0.25, 0.3) is 0 Å². The number of hydrogen-bond donors (Lipinski definition) is 3. The number of guanidine groups is 1. The normalized spacial score (nSPS) is 16.3. The molecular weight excluding hydrogens is 378 g/mol. The summed E-state index contributed by atoms with van der Waals surface area (Å²) in [6, 6.07) is 17.9. The fraction of sp³-hybridized carbons (Fsp3) is 0.391. The SMILES string of the molecule is CCNC(=NCCNC(=O)c1ccc(OC)cc1)NC1CCN(c2ccccc2)C1. The van der Waals surface area contributed by atoms with Crippen molar-refractivity contribution in [3.8, 4) is 5.75 Å². The van der Waals surface area contributed by atoms with Crippen LogP contribution < -0.4 is 25.6 Å². The Morgan fingerprint density at radius 2 is 1.90 bits per heavy atom. The van der Waals surface area contributed by atoms with E-state index >= 15 is 0 Å². The molecule has 1 unspecified atom stereocenters. The lowest BCUT2D eigenvalue weighted by molar-refractivity contribution is 0.0954. The summed E-state index contributed by atoms with van der Waals surface area (Å²) in [7, 11) is 1.60. The lowest BCUT2D eigenvalue weighted by atomic mass is 10.2. The number of anilines is 1. The van der Waals surface area contributed by atoms with Crippen molar-refractivity contribution >= 4 is 17.6 Å². The predicted octanol–water partition coefficient (Wildman–Crippen LogP) is 2.26. The molecule has 160 valence electrons. The maximum absolute atomic E-state index is 12.2. The Bertz CT molecular complexity index is 823. The Morgan fingerprint density at radius 1 is 1.13 bits per heavy atom. The van der Waals surface area contributed by atoms with E-state index in [1.54, 1.807) is 31.4 Å². The third-order valence-corrected chi connectivity index (χ3v) is 5.01. The molecule has 7 heteroatoms. The van der Waals surface area contributed by atoms with E-state index in [4.69, 9.17) is 4.74 Å². The van der Waals surface area contributed by atoms with Crippen LogP contribution in [0.5, 0.6) is 5.75 Å². The molecule has 0 bridgehead atoms. The van der Waals surface area contributed by atoms with Gasteiger partial charge in [-0.3, -0.25) is 9.79 Å². The molecule has 2 aromatic rings. The van der Waals surface area contributed by atoms with Gasteiger partial charge in [0.25, 0.3) is 5.91 Å². The molecule has 1 saturated heterocycles. The standard InChI is InChI=1S/C23H31N5O2/c1-3-24-23(27-19-13-16-28(17-19)20-7-5-4-6-8-20)26-15-14-25-22(29)18-9-11-21(30-2)12-10-18/h4-12,19H,3,13-17H2,1-2H3,(H,25,29)(H2,24,26,27). The minimum atomic E-state index is -0.111. The highest BCUT2D eigenvalue weighted by atomic mass is 16.5. The Balaban J connectivity index is 1.45. The lowest BCUT2D eigenvalue weighted by Crippen LogP contribution is -2.45. The van der Waals surface area contributed by atoms with E-state index in [2.05, 4.69) is 50.1 Å². The molecule has 0 aromatic heterocycles. The van der Waals surface area contributed by atoms with Crippen LogP contribution in [-0.4, -0.2) is 57.7 Å². The number of nitrogens with zero attached hydrogens (tertiary/aromatic N) is 2. The number of amides is 1. The van der Waals surface area contributed by atoms with Gasteiger partial charge in [0.15, 0.2) is 5.96 Å². The third kappa shape index (κ3) is 6.14. The van der Waals surface area contributed by atoms with Crippen molar-refractivity contribution in [1.82, 2.24) is 16.0 Å². The number of carbonyl (C=O) groups excluding carboxylic acids is 1. The van der Waals surface area contributed by atoms with Crippen molar-refractivity contribution in [3.05, 3.63) is 60.2 Å². The molecule has 1 aliphatic rings. The van der Waals surface area contributed by atoms with Gasteiger partial charge in [0, 0.05) is 43.5 Å². The summed E-state index contributed by atoms with van der Waals surface area (Å²) in [5.74, 6) is 1.41. The van der Waals surface area contributed by atoms with Gasteiger partial charge < -0.3 is 25.6 Å². The molecule has 1 atom stereocenters. The minimum Gasteiger partial charge on any atom is -0.497 e. The van der Waals surface area contributed by atoms with Crippen LogP contribution in [0.2, 0.25) is 0 Å². The number of rotatable bonds is 8. The molecule has 1 aliphatic heterocycles. The van der Waals surface area contributed by atoms with Crippen LogP contribution in [0, 0.1) is 0 Å². The monoisotopic (exact) mass is 409 g/mol. The largest absolute Gasteiger partial charge is 0.497 e. The van der Waals surface area contributed by atoms with Gasteiger partial charge in [-0.25, -0.2) is 0 Å². The highest BCUT2D eigenvalue weighted by molar-refractivity contribution is 5.94. The number of hydrogen-bond acceptors (Lipinski definition) is 4. The van der Waals surface area contributed by atoms with Crippen LogP contribution in [0.1, 0.15) is 23.7 Å². The maximum atomic E-state index is 12.2. The molecule has 7 nitrogen and oxygen atoms in total. The number of nitrogens with one attached hydrogen (secondary N) is 3. The number of carbonyl (C=O) groups is 1. The van der Waals surface area contributed by atoms with Crippen LogP contribution in [0.15, 0.2) is 59.6 Å². The number of benzene rings is 2. The molecule has 3 rings (SSSR count). The molecule has 0 radical (unpaired) electrons. The molecule has 2 aromatic carbocycles. The topological polar surface area (TPSA) is 78.0 Å². The molecule has 1 amide bonds. The highest BCUT2D eigenvalue weighted by Crippen LogP contribution is 2.19. The molecule has 0 aliphatic carbocycles. The molecule has 0 saturated carbocycles. The average molecular weight is 410 g/mol. The fourth-order valence-corrected chi connectivity index (χ4v) is 3.45. The number of para-hydroxylation sites is 1. The highest BCUT2D eigenvalue weighted by Gasteiger charge is 2.23. The quantitative estimate of drug-likeness (QED) is 0.354. The summed E-state index contributed by atoms with van der Waals surface area (Å²) in [6.07, 6.45) is 1.06. The van der Waals surface area contributed by atoms with Crippen molar-refractivity contribution in [2.75, 3.05) is 44.7 Å². The van der Waals surface area contributed by atoms with Crippen molar-refractivity contribution in [3.63, 3.8) is 0 Å².